The molecule has 1 amide bonds. The number of amides is 1. The summed E-state index contributed by atoms with van der Waals surface area (Å²) in [6.07, 6.45) is 0. The minimum absolute atomic E-state index is 0.0233. The van der Waals surface area contributed by atoms with Gasteiger partial charge in [-0.05, 0) is 57.2 Å². The Morgan fingerprint density at radius 3 is 2.44 bits per heavy atom. The van der Waals surface area contributed by atoms with Crippen molar-refractivity contribution < 1.29 is 9.53 Å². The zero-order chi connectivity index (χ0) is 19.2. The number of ether oxygens (including phenoxy) is 1. The van der Waals surface area contributed by atoms with Crippen molar-refractivity contribution >= 4 is 17.3 Å². The number of aryl methyl sites for hydroxylation is 1. The van der Waals surface area contributed by atoms with Crippen LogP contribution in [0, 0.1) is 6.92 Å². The predicted octanol–water partition coefficient (Wildman–Crippen LogP) is 3.54. The van der Waals surface area contributed by atoms with Gasteiger partial charge < -0.3 is 15.0 Å². The largest absolute Gasteiger partial charge is 0.494 e. The van der Waals surface area contributed by atoms with Crippen LogP contribution in [-0.4, -0.2) is 49.6 Å². The number of piperazine rings is 1. The van der Waals surface area contributed by atoms with Crippen LogP contribution in [0.4, 0.5) is 11.4 Å². The highest BCUT2D eigenvalue weighted by atomic mass is 16.5. The van der Waals surface area contributed by atoms with Gasteiger partial charge in [0, 0.05) is 37.1 Å². The Labute approximate surface area is 161 Å². The molecule has 0 unspecified atom stereocenters. The number of carbonyl (C=O) groups excluding carboxylic acids is 1. The molecule has 1 atom stereocenters. The number of nitrogens with one attached hydrogen (secondary N) is 1. The van der Waals surface area contributed by atoms with E-state index in [0.717, 1.165) is 31.1 Å². The molecule has 0 aliphatic carbocycles. The highest BCUT2D eigenvalue weighted by molar-refractivity contribution is 5.92. The first-order valence-electron chi connectivity index (χ1n) is 9.63. The van der Waals surface area contributed by atoms with E-state index >= 15 is 0 Å². The van der Waals surface area contributed by atoms with Crippen LogP contribution in [-0.2, 0) is 4.79 Å². The van der Waals surface area contributed by atoms with E-state index < -0.39 is 0 Å². The molecule has 144 valence electrons. The predicted molar refractivity (Wildman–Crippen MR) is 111 cm³/mol. The van der Waals surface area contributed by atoms with Crippen LogP contribution in [0.1, 0.15) is 19.4 Å². The summed E-state index contributed by atoms with van der Waals surface area (Å²) in [6.45, 7) is 10.0. The Morgan fingerprint density at radius 1 is 1.11 bits per heavy atom. The van der Waals surface area contributed by atoms with Crippen LogP contribution >= 0.6 is 0 Å². The number of rotatable bonds is 6. The number of benzene rings is 2. The summed E-state index contributed by atoms with van der Waals surface area (Å²) in [5.74, 6) is 0.840. The smallest absolute Gasteiger partial charge is 0.238 e. The topological polar surface area (TPSA) is 44.8 Å². The van der Waals surface area contributed by atoms with Crippen molar-refractivity contribution in [3.8, 4) is 5.75 Å². The zero-order valence-corrected chi connectivity index (χ0v) is 16.4. The number of hydrogen-bond donors (Lipinski definition) is 1. The van der Waals surface area contributed by atoms with Crippen LogP contribution in [0.5, 0.6) is 5.75 Å². The zero-order valence-electron chi connectivity index (χ0n) is 16.4. The molecule has 2 aromatic carbocycles. The molecule has 1 aliphatic heterocycles. The second-order valence-corrected chi connectivity index (χ2v) is 7.12. The van der Waals surface area contributed by atoms with Crippen molar-refractivity contribution in [1.82, 2.24) is 4.90 Å². The van der Waals surface area contributed by atoms with Gasteiger partial charge in [-0.3, -0.25) is 9.69 Å². The second-order valence-electron chi connectivity index (χ2n) is 7.12. The van der Waals surface area contributed by atoms with Crippen molar-refractivity contribution in [3.05, 3.63) is 54.1 Å². The third-order valence-electron chi connectivity index (χ3n) is 4.89. The summed E-state index contributed by atoms with van der Waals surface area (Å²) in [7, 11) is 0. The van der Waals surface area contributed by atoms with Crippen molar-refractivity contribution in [2.75, 3.05) is 43.0 Å². The number of carbonyl (C=O) groups is 1. The Hall–Kier alpha value is -2.53. The molecule has 1 N–H and O–H groups in total. The molecule has 1 heterocycles. The number of hydrogen-bond acceptors (Lipinski definition) is 4. The van der Waals surface area contributed by atoms with E-state index in [-0.39, 0.29) is 5.91 Å². The fraction of sp³-hybridized carbons (Fsp3) is 0.409. The molecular formula is C22H29N3O2. The standard InChI is InChI=1S/C22H29N3O2/c1-4-27-21-11-7-19(8-12-21)23-22(26)16-24-13-14-25(18(3)15-24)20-9-5-17(2)6-10-20/h5-12,18H,4,13-16H2,1-3H3,(H,23,26)/t18-/m1/s1. The maximum absolute atomic E-state index is 12.4. The first-order valence-corrected chi connectivity index (χ1v) is 9.63. The normalized spacial score (nSPS) is 17.6. The van der Waals surface area contributed by atoms with Crippen molar-refractivity contribution in [2.45, 2.75) is 26.8 Å². The van der Waals surface area contributed by atoms with E-state index in [1.807, 2.05) is 31.2 Å². The molecule has 5 heteroatoms. The molecular weight excluding hydrogens is 338 g/mol. The summed E-state index contributed by atoms with van der Waals surface area (Å²) in [4.78, 5) is 17.0. The highest BCUT2D eigenvalue weighted by Crippen LogP contribution is 2.21. The maximum Gasteiger partial charge on any atom is 0.238 e. The lowest BCUT2D eigenvalue weighted by atomic mass is 10.1. The van der Waals surface area contributed by atoms with Gasteiger partial charge in [0.15, 0.2) is 0 Å². The van der Waals surface area contributed by atoms with E-state index in [1.54, 1.807) is 0 Å². The lowest BCUT2D eigenvalue weighted by molar-refractivity contribution is -0.117. The quantitative estimate of drug-likeness (QED) is 0.848. The summed E-state index contributed by atoms with van der Waals surface area (Å²) in [6, 6.07) is 16.5. The molecule has 27 heavy (non-hydrogen) atoms. The van der Waals surface area contributed by atoms with Gasteiger partial charge in [-0.2, -0.15) is 0 Å². The van der Waals surface area contributed by atoms with Crippen molar-refractivity contribution in [2.24, 2.45) is 0 Å². The minimum atomic E-state index is 0.0233. The minimum Gasteiger partial charge on any atom is -0.494 e. The summed E-state index contributed by atoms with van der Waals surface area (Å²) < 4.78 is 5.43. The lowest BCUT2D eigenvalue weighted by Gasteiger charge is -2.41. The van der Waals surface area contributed by atoms with Gasteiger partial charge >= 0.3 is 0 Å². The van der Waals surface area contributed by atoms with Crippen LogP contribution < -0.4 is 15.0 Å². The average Bonchev–Trinajstić information content (AvgIpc) is 2.65. The molecule has 2 aromatic rings. The fourth-order valence-electron chi connectivity index (χ4n) is 3.50. The Morgan fingerprint density at radius 2 is 1.81 bits per heavy atom. The van der Waals surface area contributed by atoms with Crippen molar-refractivity contribution in [1.29, 1.82) is 0 Å². The third-order valence-corrected chi connectivity index (χ3v) is 4.89. The molecule has 1 aliphatic rings. The van der Waals surface area contributed by atoms with Gasteiger partial charge in [0.1, 0.15) is 5.75 Å². The SMILES string of the molecule is CCOc1ccc(NC(=O)CN2CCN(c3ccc(C)cc3)[C@H](C)C2)cc1. The van der Waals surface area contributed by atoms with Crippen molar-refractivity contribution in [3.63, 3.8) is 0 Å². The first-order chi connectivity index (χ1) is 13.0. The van der Waals surface area contributed by atoms with E-state index in [9.17, 15) is 4.79 Å². The maximum atomic E-state index is 12.4. The van der Waals surface area contributed by atoms with Crippen LogP contribution in [0.2, 0.25) is 0 Å². The molecule has 0 aromatic heterocycles. The molecule has 1 fully saturated rings. The molecule has 3 rings (SSSR count). The molecule has 1 saturated heterocycles. The van der Waals surface area contributed by atoms with Gasteiger partial charge in [0.2, 0.25) is 5.91 Å². The van der Waals surface area contributed by atoms with Gasteiger partial charge in [0.05, 0.1) is 13.2 Å². The molecule has 0 spiro atoms. The van der Waals surface area contributed by atoms with Crippen LogP contribution in [0.25, 0.3) is 0 Å². The average molecular weight is 367 g/mol. The van der Waals surface area contributed by atoms with Gasteiger partial charge in [-0.1, -0.05) is 17.7 Å². The molecule has 5 nitrogen and oxygen atoms in total. The first kappa shape index (κ1) is 19.2. The van der Waals surface area contributed by atoms with Crippen LogP contribution in [0.15, 0.2) is 48.5 Å². The Kier molecular flexibility index (Phi) is 6.35. The Bertz CT molecular complexity index is 743. The van der Waals surface area contributed by atoms with Gasteiger partial charge in [0.25, 0.3) is 0 Å². The molecule has 0 bridgehead atoms. The third kappa shape index (κ3) is 5.23. The molecule has 0 saturated carbocycles. The number of anilines is 2. The lowest BCUT2D eigenvalue weighted by Crippen LogP contribution is -2.53. The fourth-order valence-corrected chi connectivity index (χ4v) is 3.50. The van der Waals surface area contributed by atoms with E-state index in [1.165, 1.54) is 11.3 Å². The monoisotopic (exact) mass is 367 g/mol. The molecule has 0 radical (unpaired) electrons. The van der Waals surface area contributed by atoms with E-state index in [0.29, 0.717) is 19.2 Å². The van der Waals surface area contributed by atoms with Crippen LogP contribution in [0.3, 0.4) is 0 Å². The highest BCUT2D eigenvalue weighted by Gasteiger charge is 2.25. The summed E-state index contributed by atoms with van der Waals surface area (Å²) >= 11 is 0. The summed E-state index contributed by atoms with van der Waals surface area (Å²) in [5, 5.41) is 2.97. The van der Waals surface area contributed by atoms with Gasteiger partial charge in [-0.15, -0.1) is 0 Å². The van der Waals surface area contributed by atoms with Gasteiger partial charge in [-0.25, -0.2) is 0 Å². The Balaban J connectivity index is 1.50. The van der Waals surface area contributed by atoms with E-state index in [2.05, 4.69) is 53.2 Å². The second kappa shape index (κ2) is 8.91. The number of nitrogens with zero attached hydrogens (tertiary/aromatic N) is 2. The van der Waals surface area contributed by atoms with E-state index in [4.69, 9.17) is 4.74 Å². The summed E-state index contributed by atoms with van der Waals surface area (Å²) in [5.41, 5.74) is 3.33.